The van der Waals surface area contributed by atoms with Crippen LogP contribution in [0.15, 0.2) is 53.7 Å². The van der Waals surface area contributed by atoms with Gasteiger partial charge in [0.05, 0.1) is 12.2 Å². The van der Waals surface area contributed by atoms with Gasteiger partial charge in [0.15, 0.2) is 5.96 Å². The third-order valence-corrected chi connectivity index (χ3v) is 4.62. The van der Waals surface area contributed by atoms with Crippen LogP contribution in [0.1, 0.15) is 30.2 Å². The molecule has 2 heterocycles. The fourth-order valence-corrected chi connectivity index (χ4v) is 3.25. The number of halogens is 1. The molecular weight excluding hydrogens is 449 g/mol. The Balaban J connectivity index is 0.00000261. The highest BCUT2D eigenvalue weighted by atomic mass is 127. The molecule has 146 valence electrons. The second-order valence-electron chi connectivity index (χ2n) is 6.59. The Hall–Kier alpha value is -1.67. The number of pyridine rings is 1. The number of fused-ring (bicyclic) bond motifs is 1. The molecule has 0 radical (unpaired) electrons. The fourth-order valence-electron chi connectivity index (χ4n) is 3.25. The summed E-state index contributed by atoms with van der Waals surface area (Å²) in [6, 6.07) is 14.7. The van der Waals surface area contributed by atoms with Crippen molar-refractivity contribution in [1.82, 2.24) is 20.5 Å². The van der Waals surface area contributed by atoms with Crippen molar-refractivity contribution >= 4 is 29.9 Å². The summed E-state index contributed by atoms with van der Waals surface area (Å²) in [6.45, 7) is 7.81. The van der Waals surface area contributed by atoms with Crippen molar-refractivity contribution in [1.29, 1.82) is 0 Å². The number of aromatic nitrogens is 1. The minimum atomic E-state index is 0. The monoisotopic (exact) mass is 479 g/mol. The highest BCUT2D eigenvalue weighted by Crippen LogP contribution is 2.18. The smallest absolute Gasteiger partial charge is 0.191 e. The Morgan fingerprint density at radius 1 is 1.11 bits per heavy atom. The average Bonchev–Trinajstić information content (AvgIpc) is 2.70. The summed E-state index contributed by atoms with van der Waals surface area (Å²) < 4.78 is 0. The molecule has 0 fully saturated rings. The van der Waals surface area contributed by atoms with Gasteiger partial charge in [0, 0.05) is 38.9 Å². The van der Waals surface area contributed by atoms with Crippen LogP contribution >= 0.6 is 24.0 Å². The van der Waals surface area contributed by atoms with Gasteiger partial charge >= 0.3 is 0 Å². The minimum Gasteiger partial charge on any atom is -0.357 e. The second-order valence-corrected chi connectivity index (χ2v) is 6.59. The minimum absolute atomic E-state index is 0. The Morgan fingerprint density at radius 3 is 2.70 bits per heavy atom. The molecule has 2 N–H and O–H groups in total. The average molecular weight is 479 g/mol. The third kappa shape index (κ3) is 7.10. The Kier molecular flexibility index (Phi) is 9.55. The first-order chi connectivity index (χ1) is 12.8. The van der Waals surface area contributed by atoms with Crippen LogP contribution in [0.5, 0.6) is 0 Å². The number of rotatable bonds is 7. The SMILES string of the molecule is CCNC(=NCc1ccccn1)NCCCN1CCc2ccccc2C1.I. The van der Waals surface area contributed by atoms with Crippen molar-refractivity contribution in [3.05, 3.63) is 65.5 Å². The molecule has 5 nitrogen and oxygen atoms in total. The van der Waals surface area contributed by atoms with Crippen molar-refractivity contribution < 1.29 is 0 Å². The van der Waals surface area contributed by atoms with Gasteiger partial charge in [-0.25, -0.2) is 4.99 Å². The van der Waals surface area contributed by atoms with E-state index >= 15 is 0 Å². The lowest BCUT2D eigenvalue weighted by Crippen LogP contribution is -2.39. The Labute approximate surface area is 179 Å². The van der Waals surface area contributed by atoms with Gasteiger partial charge in [0.2, 0.25) is 0 Å². The van der Waals surface area contributed by atoms with Crippen LogP contribution in [-0.4, -0.2) is 42.0 Å². The molecule has 0 unspecified atom stereocenters. The van der Waals surface area contributed by atoms with Gasteiger partial charge in [-0.1, -0.05) is 30.3 Å². The lowest BCUT2D eigenvalue weighted by molar-refractivity contribution is 0.251. The van der Waals surface area contributed by atoms with Crippen LogP contribution in [-0.2, 0) is 19.5 Å². The molecule has 0 atom stereocenters. The van der Waals surface area contributed by atoms with Gasteiger partial charge in [-0.05, 0) is 43.0 Å². The largest absolute Gasteiger partial charge is 0.357 e. The summed E-state index contributed by atoms with van der Waals surface area (Å²) in [5.41, 5.74) is 3.98. The number of hydrogen-bond donors (Lipinski definition) is 2. The first-order valence-corrected chi connectivity index (χ1v) is 9.56. The molecule has 1 aromatic heterocycles. The van der Waals surface area contributed by atoms with E-state index in [1.807, 2.05) is 24.4 Å². The molecular formula is C21H30IN5. The molecule has 6 heteroatoms. The van der Waals surface area contributed by atoms with Crippen molar-refractivity contribution in [3.8, 4) is 0 Å². The normalized spacial score (nSPS) is 14.2. The molecule has 2 aromatic rings. The molecule has 0 saturated heterocycles. The highest BCUT2D eigenvalue weighted by molar-refractivity contribution is 14.0. The van der Waals surface area contributed by atoms with Crippen LogP contribution in [0, 0.1) is 0 Å². The summed E-state index contributed by atoms with van der Waals surface area (Å²) >= 11 is 0. The molecule has 0 aliphatic carbocycles. The van der Waals surface area contributed by atoms with Gasteiger partial charge in [0.1, 0.15) is 0 Å². The predicted octanol–water partition coefficient (Wildman–Crippen LogP) is 3.20. The first-order valence-electron chi connectivity index (χ1n) is 9.56. The van der Waals surface area contributed by atoms with Gasteiger partial charge in [-0.3, -0.25) is 9.88 Å². The van der Waals surface area contributed by atoms with Gasteiger partial charge < -0.3 is 10.6 Å². The summed E-state index contributed by atoms with van der Waals surface area (Å²) in [4.78, 5) is 11.5. The maximum Gasteiger partial charge on any atom is 0.191 e. The van der Waals surface area contributed by atoms with Crippen molar-refractivity contribution in [3.63, 3.8) is 0 Å². The molecule has 0 spiro atoms. The van der Waals surface area contributed by atoms with Crippen molar-refractivity contribution in [2.75, 3.05) is 26.2 Å². The number of nitrogens with one attached hydrogen (secondary N) is 2. The molecule has 0 bridgehead atoms. The summed E-state index contributed by atoms with van der Waals surface area (Å²) in [5, 5.41) is 6.74. The van der Waals surface area contributed by atoms with Gasteiger partial charge in [-0.15, -0.1) is 24.0 Å². The molecule has 1 aromatic carbocycles. The van der Waals surface area contributed by atoms with E-state index in [9.17, 15) is 0 Å². The maximum atomic E-state index is 4.62. The Bertz CT molecular complexity index is 705. The van der Waals surface area contributed by atoms with E-state index in [1.165, 1.54) is 11.1 Å². The number of aliphatic imine (C=N–C) groups is 1. The van der Waals surface area contributed by atoms with E-state index < -0.39 is 0 Å². The van der Waals surface area contributed by atoms with E-state index in [-0.39, 0.29) is 24.0 Å². The standard InChI is InChI=1S/C21H29N5.HI/c1-2-22-21(25-16-20-10-5-6-12-23-20)24-13-7-14-26-15-11-18-8-3-4-9-19(18)17-26;/h3-6,8-10,12H,2,7,11,13-17H2,1H3,(H2,22,24,25);1H. The second kappa shape index (κ2) is 11.9. The van der Waals surface area contributed by atoms with E-state index in [4.69, 9.17) is 0 Å². The van der Waals surface area contributed by atoms with Crippen molar-refractivity contribution in [2.24, 2.45) is 4.99 Å². The lowest BCUT2D eigenvalue weighted by atomic mass is 10.00. The molecule has 27 heavy (non-hydrogen) atoms. The topological polar surface area (TPSA) is 52.6 Å². The summed E-state index contributed by atoms with van der Waals surface area (Å²) in [5.74, 6) is 0.863. The molecule has 1 aliphatic rings. The first kappa shape index (κ1) is 21.6. The highest BCUT2D eigenvalue weighted by Gasteiger charge is 2.14. The number of hydrogen-bond acceptors (Lipinski definition) is 3. The zero-order chi connectivity index (χ0) is 18.0. The zero-order valence-electron chi connectivity index (χ0n) is 16.0. The third-order valence-electron chi connectivity index (χ3n) is 4.62. The van der Waals surface area contributed by atoms with E-state index in [0.29, 0.717) is 6.54 Å². The van der Waals surface area contributed by atoms with Crippen molar-refractivity contribution in [2.45, 2.75) is 32.9 Å². The van der Waals surface area contributed by atoms with Gasteiger partial charge in [0.25, 0.3) is 0 Å². The fraction of sp³-hybridized carbons (Fsp3) is 0.429. The molecule has 1 aliphatic heterocycles. The predicted molar refractivity (Wildman–Crippen MR) is 123 cm³/mol. The molecule has 3 rings (SSSR count). The number of nitrogens with zero attached hydrogens (tertiary/aromatic N) is 3. The quantitative estimate of drug-likeness (QED) is 0.277. The summed E-state index contributed by atoms with van der Waals surface area (Å²) in [6.07, 6.45) is 4.08. The molecule has 0 saturated carbocycles. The van der Waals surface area contributed by atoms with Crippen LogP contribution in [0.2, 0.25) is 0 Å². The maximum absolute atomic E-state index is 4.62. The number of benzene rings is 1. The molecule has 0 amide bonds. The van der Waals surface area contributed by atoms with E-state index in [0.717, 1.165) is 57.2 Å². The van der Waals surface area contributed by atoms with Crippen LogP contribution < -0.4 is 10.6 Å². The Morgan fingerprint density at radius 2 is 1.93 bits per heavy atom. The van der Waals surface area contributed by atoms with Gasteiger partial charge in [-0.2, -0.15) is 0 Å². The van der Waals surface area contributed by atoms with Crippen LogP contribution in [0.3, 0.4) is 0 Å². The van der Waals surface area contributed by atoms with Crippen LogP contribution in [0.4, 0.5) is 0 Å². The van der Waals surface area contributed by atoms with E-state index in [1.54, 1.807) is 0 Å². The number of guanidine groups is 1. The van der Waals surface area contributed by atoms with E-state index in [2.05, 4.69) is 56.7 Å². The van der Waals surface area contributed by atoms with Crippen LogP contribution in [0.25, 0.3) is 0 Å². The zero-order valence-corrected chi connectivity index (χ0v) is 18.4. The summed E-state index contributed by atoms with van der Waals surface area (Å²) in [7, 11) is 0. The lowest BCUT2D eigenvalue weighted by Gasteiger charge is -2.28.